The van der Waals surface area contributed by atoms with Crippen LogP contribution in [0.1, 0.15) is 0 Å². The number of aromatic nitrogens is 1. The van der Waals surface area contributed by atoms with Crippen LogP contribution in [0.4, 0.5) is 5.69 Å². The molecule has 0 aromatic carbocycles. The second-order valence-electron chi connectivity index (χ2n) is 1.94. The first-order chi connectivity index (χ1) is 4.93. The monoisotopic (exact) mass is 137 g/mol. The van der Waals surface area contributed by atoms with Crippen molar-refractivity contribution in [1.82, 2.24) is 10.3 Å². The summed E-state index contributed by atoms with van der Waals surface area (Å²) in [5, 5.41) is 6.13. The van der Waals surface area contributed by atoms with Crippen LogP contribution in [0.25, 0.3) is 0 Å². The summed E-state index contributed by atoms with van der Waals surface area (Å²) in [6, 6.07) is 3.86. The number of anilines is 1. The standard InChI is InChI=1S/C7H11N3/c1-8-6-10-7-2-4-9-5-3-7/h2-5,8H,6H2,1H3,(H,9,10). The van der Waals surface area contributed by atoms with Crippen LogP contribution in [0.2, 0.25) is 0 Å². The predicted molar refractivity (Wildman–Crippen MR) is 41.8 cm³/mol. The minimum Gasteiger partial charge on any atom is -0.372 e. The Balaban J connectivity index is 2.43. The SMILES string of the molecule is CNCNc1ccncc1. The van der Waals surface area contributed by atoms with Crippen LogP contribution in [0.5, 0.6) is 0 Å². The van der Waals surface area contributed by atoms with Crippen molar-refractivity contribution in [2.24, 2.45) is 0 Å². The van der Waals surface area contributed by atoms with Gasteiger partial charge in [-0.1, -0.05) is 0 Å². The summed E-state index contributed by atoms with van der Waals surface area (Å²) in [7, 11) is 1.90. The maximum Gasteiger partial charge on any atom is 0.0650 e. The van der Waals surface area contributed by atoms with Gasteiger partial charge in [-0.15, -0.1) is 0 Å². The molecule has 0 bridgehead atoms. The molecule has 1 aromatic rings. The Kier molecular flexibility index (Phi) is 2.70. The molecule has 1 heterocycles. The molecule has 3 nitrogen and oxygen atoms in total. The fourth-order valence-electron chi connectivity index (χ4n) is 0.660. The van der Waals surface area contributed by atoms with Crippen molar-refractivity contribution in [2.45, 2.75) is 0 Å². The summed E-state index contributed by atoms with van der Waals surface area (Å²) in [5.41, 5.74) is 1.09. The highest BCUT2D eigenvalue weighted by molar-refractivity contribution is 5.40. The summed E-state index contributed by atoms with van der Waals surface area (Å²) in [6.45, 7) is 0.782. The van der Waals surface area contributed by atoms with E-state index in [-0.39, 0.29) is 0 Å². The van der Waals surface area contributed by atoms with Gasteiger partial charge in [0.15, 0.2) is 0 Å². The number of nitrogens with zero attached hydrogens (tertiary/aromatic N) is 1. The number of rotatable bonds is 3. The van der Waals surface area contributed by atoms with Crippen LogP contribution in [-0.2, 0) is 0 Å². The van der Waals surface area contributed by atoms with E-state index in [2.05, 4.69) is 15.6 Å². The van der Waals surface area contributed by atoms with Gasteiger partial charge in [0.25, 0.3) is 0 Å². The average Bonchev–Trinajstić information content (AvgIpc) is 2.03. The Morgan fingerprint density at radius 3 is 2.70 bits per heavy atom. The second kappa shape index (κ2) is 3.85. The van der Waals surface area contributed by atoms with Crippen molar-refractivity contribution in [2.75, 3.05) is 19.0 Å². The molecule has 0 radical (unpaired) electrons. The van der Waals surface area contributed by atoms with Gasteiger partial charge in [0.05, 0.1) is 6.67 Å². The van der Waals surface area contributed by atoms with E-state index in [9.17, 15) is 0 Å². The van der Waals surface area contributed by atoms with Crippen molar-refractivity contribution < 1.29 is 0 Å². The summed E-state index contributed by atoms with van der Waals surface area (Å²) < 4.78 is 0. The minimum absolute atomic E-state index is 0.782. The molecule has 2 N–H and O–H groups in total. The lowest BCUT2D eigenvalue weighted by Crippen LogP contribution is -2.16. The zero-order valence-corrected chi connectivity index (χ0v) is 5.96. The van der Waals surface area contributed by atoms with E-state index in [4.69, 9.17) is 0 Å². The van der Waals surface area contributed by atoms with Crippen molar-refractivity contribution in [3.63, 3.8) is 0 Å². The molecule has 0 atom stereocenters. The van der Waals surface area contributed by atoms with Crippen LogP contribution in [0, 0.1) is 0 Å². The van der Waals surface area contributed by atoms with Crippen molar-refractivity contribution in [1.29, 1.82) is 0 Å². The maximum atomic E-state index is 3.89. The van der Waals surface area contributed by atoms with Crippen molar-refractivity contribution in [3.05, 3.63) is 24.5 Å². The Labute approximate surface area is 60.5 Å². The smallest absolute Gasteiger partial charge is 0.0650 e. The Bertz CT molecular complexity index is 173. The molecule has 0 saturated carbocycles. The van der Waals surface area contributed by atoms with E-state index < -0.39 is 0 Å². The van der Waals surface area contributed by atoms with Crippen molar-refractivity contribution >= 4 is 5.69 Å². The molecule has 0 amide bonds. The Morgan fingerprint density at radius 2 is 2.10 bits per heavy atom. The molecule has 1 aromatic heterocycles. The van der Waals surface area contributed by atoms with Gasteiger partial charge in [-0.2, -0.15) is 0 Å². The molecular weight excluding hydrogens is 126 g/mol. The van der Waals surface area contributed by atoms with Gasteiger partial charge in [0.2, 0.25) is 0 Å². The number of pyridine rings is 1. The van der Waals surface area contributed by atoms with Gasteiger partial charge >= 0.3 is 0 Å². The molecule has 0 aliphatic rings. The summed E-state index contributed by atoms with van der Waals surface area (Å²) in [5.74, 6) is 0. The summed E-state index contributed by atoms with van der Waals surface area (Å²) >= 11 is 0. The van der Waals surface area contributed by atoms with E-state index in [1.165, 1.54) is 0 Å². The third-order valence-electron chi connectivity index (χ3n) is 1.15. The van der Waals surface area contributed by atoms with Crippen LogP contribution >= 0.6 is 0 Å². The maximum absolute atomic E-state index is 3.89. The van der Waals surface area contributed by atoms with Gasteiger partial charge in [0.1, 0.15) is 0 Å². The number of hydrogen-bond acceptors (Lipinski definition) is 3. The molecule has 3 heteroatoms. The molecular formula is C7H11N3. The van der Waals surface area contributed by atoms with Gasteiger partial charge < -0.3 is 10.6 Å². The van der Waals surface area contributed by atoms with E-state index in [0.29, 0.717) is 0 Å². The van der Waals surface area contributed by atoms with Gasteiger partial charge in [-0.3, -0.25) is 4.98 Å². The lowest BCUT2D eigenvalue weighted by molar-refractivity contribution is 0.874. The second-order valence-corrected chi connectivity index (χ2v) is 1.94. The molecule has 0 spiro atoms. The van der Waals surface area contributed by atoms with Crippen LogP contribution in [0.15, 0.2) is 24.5 Å². The highest BCUT2D eigenvalue weighted by Gasteiger charge is 1.84. The van der Waals surface area contributed by atoms with Crippen molar-refractivity contribution in [3.8, 4) is 0 Å². The van der Waals surface area contributed by atoms with Gasteiger partial charge in [-0.05, 0) is 19.2 Å². The van der Waals surface area contributed by atoms with Crippen LogP contribution < -0.4 is 10.6 Å². The van der Waals surface area contributed by atoms with E-state index >= 15 is 0 Å². The minimum atomic E-state index is 0.782. The zero-order chi connectivity index (χ0) is 7.23. The molecule has 1 rings (SSSR count). The van der Waals surface area contributed by atoms with Crippen LogP contribution in [0.3, 0.4) is 0 Å². The third-order valence-corrected chi connectivity index (χ3v) is 1.15. The van der Waals surface area contributed by atoms with Gasteiger partial charge in [0, 0.05) is 18.1 Å². The summed E-state index contributed by atoms with van der Waals surface area (Å²) in [6.07, 6.45) is 3.52. The summed E-state index contributed by atoms with van der Waals surface area (Å²) in [4.78, 5) is 3.89. The third kappa shape index (κ3) is 2.03. The average molecular weight is 137 g/mol. The molecule has 0 aliphatic carbocycles. The van der Waals surface area contributed by atoms with E-state index in [1.54, 1.807) is 12.4 Å². The molecule has 0 aliphatic heterocycles. The Morgan fingerprint density at radius 1 is 1.40 bits per heavy atom. The van der Waals surface area contributed by atoms with Gasteiger partial charge in [-0.25, -0.2) is 0 Å². The Hall–Kier alpha value is -1.09. The predicted octanol–water partition coefficient (Wildman–Crippen LogP) is 0.670. The molecule has 54 valence electrons. The normalized spacial score (nSPS) is 9.30. The van der Waals surface area contributed by atoms with E-state index in [1.807, 2.05) is 19.2 Å². The number of nitrogens with one attached hydrogen (secondary N) is 2. The fraction of sp³-hybridized carbons (Fsp3) is 0.286. The highest BCUT2D eigenvalue weighted by Crippen LogP contribution is 2.00. The first kappa shape index (κ1) is 7.02. The zero-order valence-electron chi connectivity index (χ0n) is 5.96. The lowest BCUT2D eigenvalue weighted by atomic mass is 10.4. The first-order valence-electron chi connectivity index (χ1n) is 3.22. The highest BCUT2D eigenvalue weighted by atomic mass is 15.0. The molecule has 0 saturated heterocycles. The molecule has 10 heavy (non-hydrogen) atoms. The van der Waals surface area contributed by atoms with E-state index in [0.717, 1.165) is 12.4 Å². The fourth-order valence-corrected chi connectivity index (χ4v) is 0.660. The first-order valence-corrected chi connectivity index (χ1v) is 3.22. The largest absolute Gasteiger partial charge is 0.372 e. The molecule has 0 unspecified atom stereocenters. The quantitative estimate of drug-likeness (QED) is 0.601. The number of hydrogen-bond donors (Lipinski definition) is 2. The van der Waals surface area contributed by atoms with Crippen LogP contribution in [-0.4, -0.2) is 18.7 Å². The lowest BCUT2D eigenvalue weighted by Gasteiger charge is -2.02. The topological polar surface area (TPSA) is 37.0 Å². The molecule has 0 fully saturated rings.